The number of methoxy groups -OCH3 is 1. The van der Waals surface area contributed by atoms with Gasteiger partial charge < -0.3 is 14.0 Å². The second-order valence-electron chi connectivity index (χ2n) is 7.49. The first-order valence-corrected chi connectivity index (χ1v) is 11.5. The van der Waals surface area contributed by atoms with Crippen LogP contribution in [0.3, 0.4) is 0 Å². The molecule has 0 unspecified atom stereocenters. The van der Waals surface area contributed by atoms with Gasteiger partial charge in [0, 0.05) is 35.8 Å². The molecule has 4 aromatic rings. The van der Waals surface area contributed by atoms with Crippen LogP contribution in [0.1, 0.15) is 21.9 Å². The van der Waals surface area contributed by atoms with Crippen LogP contribution in [0.25, 0.3) is 10.9 Å². The van der Waals surface area contributed by atoms with Gasteiger partial charge in [0.15, 0.2) is 28.3 Å². The predicted octanol–water partition coefficient (Wildman–Crippen LogP) is 4.83. The molecule has 2 aromatic heterocycles. The first-order chi connectivity index (χ1) is 16.0. The molecule has 0 atom stereocenters. The third kappa shape index (κ3) is 4.52. The van der Waals surface area contributed by atoms with Crippen molar-refractivity contribution in [2.75, 3.05) is 12.9 Å². The smallest absolute Gasteiger partial charge is 0.192 e. The number of aryl methyl sites for hydroxylation is 1. The van der Waals surface area contributed by atoms with E-state index in [-0.39, 0.29) is 18.1 Å². The molecule has 8 heteroatoms. The number of ether oxygens (including phenoxy) is 2. The van der Waals surface area contributed by atoms with Gasteiger partial charge in [-0.3, -0.25) is 9.36 Å². The lowest BCUT2D eigenvalue weighted by atomic mass is 10.1. The van der Waals surface area contributed by atoms with Crippen molar-refractivity contribution in [1.82, 2.24) is 19.3 Å². The van der Waals surface area contributed by atoms with E-state index >= 15 is 0 Å². The van der Waals surface area contributed by atoms with Gasteiger partial charge in [0.2, 0.25) is 0 Å². The van der Waals surface area contributed by atoms with Crippen molar-refractivity contribution in [2.45, 2.75) is 25.2 Å². The molecule has 2 aromatic carbocycles. The molecule has 170 valence electrons. The number of fused-ring (bicyclic) bond motifs is 1. The van der Waals surface area contributed by atoms with E-state index in [0.717, 1.165) is 22.2 Å². The van der Waals surface area contributed by atoms with Crippen LogP contribution in [0.4, 0.5) is 0 Å². The van der Waals surface area contributed by atoms with E-state index in [9.17, 15) is 4.79 Å². The minimum atomic E-state index is 0.0641. The van der Waals surface area contributed by atoms with Crippen molar-refractivity contribution in [2.24, 2.45) is 7.05 Å². The maximum absolute atomic E-state index is 13.2. The maximum Gasteiger partial charge on any atom is 0.192 e. The Hall–Kier alpha value is -3.52. The van der Waals surface area contributed by atoms with E-state index in [2.05, 4.69) is 21.3 Å². The Bertz CT molecular complexity index is 1310. The number of nitrogens with zero attached hydrogens (tertiary/aromatic N) is 4. The number of para-hydroxylation sites is 3. The molecule has 0 aliphatic carbocycles. The molecule has 2 heterocycles. The van der Waals surface area contributed by atoms with Crippen LogP contribution in [0.5, 0.6) is 11.5 Å². The van der Waals surface area contributed by atoms with Crippen LogP contribution in [-0.2, 0) is 20.2 Å². The lowest BCUT2D eigenvalue weighted by molar-refractivity contribution is 0.102. The second kappa shape index (κ2) is 9.95. The molecule has 0 aliphatic rings. The third-order valence-corrected chi connectivity index (χ3v) is 6.51. The molecule has 0 bridgehead atoms. The predicted molar refractivity (Wildman–Crippen MR) is 130 cm³/mol. The highest BCUT2D eigenvalue weighted by molar-refractivity contribution is 7.99. The minimum absolute atomic E-state index is 0.0641. The minimum Gasteiger partial charge on any atom is -0.493 e. The van der Waals surface area contributed by atoms with Crippen molar-refractivity contribution in [3.8, 4) is 11.5 Å². The van der Waals surface area contributed by atoms with Crippen LogP contribution < -0.4 is 9.47 Å². The molecule has 0 N–H and O–H groups in total. The number of Topliss-reactive ketones (excluding diaryl/α,β-unsaturated/α-hetero) is 1. The number of carbonyl (C=O) groups is 1. The van der Waals surface area contributed by atoms with Gasteiger partial charge >= 0.3 is 0 Å². The number of aromatic nitrogens is 4. The fourth-order valence-electron chi connectivity index (χ4n) is 3.80. The summed E-state index contributed by atoms with van der Waals surface area (Å²) in [5, 5.41) is 10.2. The molecule has 4 rings (SSSR count). The first kappa shape index (κ1) is 22.7. The molecular formula is C25H26N4O3S. The Morgan fingerprint density at radius 3 is 2.61 bits per heavy atom. The maximum atomic E-state index is 13.2. The standard InChI is InChI=1S/C25H26N4O3S/c1-5-14-29-23(15-32-22-13-9-8-12-21(22)31-4)26-27-25(29)33-16-20(30)24-17(2)28(3)19-11-7-6-10-18(19)24/h5-13H,1,14-16H2,2-4H3. The SMILES string of the molecule is C=CCn1c(COc2ccccc2OC)nnc1SCC(=O)c1c(C)n(C)c2ccccc12. The lowest BCUT2D eigenvalue weighted by Crippen LogP contribution is -2.09. The highest BCUT2D eigenvalue weighted by Gasteiger charge is 2.20. The monoisotopic (exact) mass is 462 g/mol. The van der Waals surface area contributed by atoms with Gasteiger partial charge in [0.1, 0.15) is 6.61 Å². The first-order valence-electron chi connectivity index (χ1n) is 10.5. The van der Waals surface area contributed by atoms with Crippen molar-refractivity contribution in [1.29, 1.82) is 0 Å². The number of hydrogen-bond acceptors (Lipinski definition) is 6. The molecule has 0 fully saturated rings. The summed E-state index contributed by atoms with van der Waals surface area (Å²) in [6, 6.07) is 15.4. The fourth-order valence-corrected chi connectivity index (χ4v) is 4.64. The zero-order chi connectivity index (χ0) is 23.4. The summed E-state index contributed by atoms with van der Waals surface area (Å²) in [5.41, 5.74) is 2.77. The van der Waals surface area contributed by atoms with E-state index in [4.69, 9.17) is 9.47 Å². The molecule has 0 saturated heterocycles. The zero-order valence-corrected chi connectivity index (χ0v) is 19.8. The normalized spacial score (nSPS) is 11.0. The summed E-state index contributed by atoms with van der Waals surface area (Å²) < 4.78 is 15.2. The summed E-state index contributed by atoms with van der Waals surface area (Å²) >= 11 is 1.37. The van der Waals surface area contributed by atoms with E-state index in [0.29, 0.717) is 29.0 Å². The van der Waals surface area contributed by atoms with Gasteiger partial charge in [-0.05, 0) is 25.1 Å². The molecule has 0 saturated carbocycles. The number of hydrogen-bond donors (Lipinski definition) is 0. The molecule has 0 spiro atoms. The fraction of sp³-hybridized carbons (Fsp3) is 0.240. The van der Waals surface area contributed by atoms with E-state index in [1.807, 2.05) is 67.1 Å². The Labute approximate surface area is 197 Å². The molecule has 0 radical (unpaired) electrons. The topological polar surface area (TPSA) is 71.2 Å². The third-order valence-electron chi connectivity index (χ3n) is 5.54. The zero-order valence-electron chi connectivity index (χ0n) is 18.9. The van der Waals surface area contributed by atoms with Crippen LogP contribution >= 0.6 is 11.8 Å². The van der Waals surface area contributed by atoms with Crippen molar-refractivity contribution >= 4 is 28.4 Å². The van der Waals surface area contributed by atoms with Crippen molar-refractivity contribution in [3.63, 3.8) is 0 Å². The molecule has 0 aliphatic heterocycles. The van der Waals surface area contributed by atoms with Gasteiger partial charge in [0.05, 0.1) is 12.9 Å². The van der Waals surface area contributed by atoms with Crippen molar-refractivity contribution in [3.05, 3.63) is 78.3 Å². The molecule has 33 heavy (non-hydrogen) atoms. The van der Waals surface area contributed by atoms with E-state index in [1.165, 1.54) is 11.8 Å². The van der Waals surface area contributed by atoms with E-state index < -0.39 is 0 Å². The summed E-state index contributed by atoms with van der Waals surface area (Å²) in [6.07, 6.45) is 1.77. The Balaban J connectivity index is 1.51. The number of ketones is 1. The van der Waals surface area contributed by atoms with Crippen molar-refractivity contribution < 1.29 is 14.3 Å². The highest BCUT2D eigenvalue weighted by atomic mass is 32.2. The average molecular weight is 463 g/mol. The molecular weight excluding hydrogens is 436 g/mol. The van der Waals surface area contributed by atoms with Gasteiger partial charge in [-0.1, -0.05) is 48.2 Å². The quantitative estimate of drug-likeness (QED) is 0.191. The van der Waals surface area contributed by atoms with Crippen LogP contribution in [-0.4, -0.2) is 38.0 Å². The summed E-state index contributed by atoms with van der Waals surface area (Å²) in [6.45, 7) is 6.55. The average Bonchev–Trinajstić information content (AvgIpc) is 3.34. The number of benzene rings is 2. The van der Waals surface area contributed by atoms with Crippen LogP contribution in [0, 0.1) is 6.92 Å². The molecule has 7 nitrogen and oxygen atoms in total. The number of rotatable bonds is 10. The Morgan fingerprint density at radius 1 is 1.12 bits per heavy atom. The Morgan fingerprint density at radius 2 is 1.85 bits per heavy atom. The lowest BCUT2D eigenvalue weighted by Gasteiger charge is -2.11. The van der Waals surface area contributed by atoms with Gasteiger partial charge in [-0.15, -0.1) is 16.8 Å². The van der Waals surface area contributed by atoms with Crippen LogP contribution in [0.2, 0.25) is 0 Å². The van der Waals surface area contributed by atoms with Crippen LogP contribution in [0.15, 0.2) is 66.3 Å². The molecule has 0 amide bonds. The van der Waals surface area contributed by atoms with Gasteiger partial charge in [-0.2, -0.15) is 0 Å². The number of carbonyl (C=O) groups excluding carboxylic acids is 1. The summed E-state index contributed by atoms with van der Waals surface area (Å²) in [7, 11) is 3.59. The number of allylic oxidation sites excluding steroid dienone is 1. The summed E-state index contributed by atoms with van der Waals surface area (Å²) in [5.74, 6) is 2.26. The van der Waals surface area contributed by atoms with Gasteiger partial charge in [-0.25, -0.2) is 0 Å². The van der Waals surface area contributed by atoms with Gasteiger partial charge in [0.25, 0.3) is 0 Å². The number of thioether (sulfide) groups is 1. The van der Waals surface area contributed by atoms with E-state index in [1.54, 1.807) is 13.2 Å². The second-order valence-corrected chi connectivity index (χ2v) is 8.43. The highest BCUT2D eigenvalue weighted by Crippen LogP contribution is 2.29. The summed E-state index contributed by atoms with van der Waals surface area (Å²) in [4.78, 5) is 13.2. The Kier molecular flexibility index (Phi) is 6.84. The largest absolute Gasteiger partial charge is 0.493 e.